The Hall–Kier alpha value is -3.19. The summed E-state index contributed by atoms with van der Waals surface area (Å²) >= 11 is 6.50. The molecule has 172 valence electrons. The van der Waals surface area contributed by atoms with Crippen molar-refractivity contribution in [2.75, 3.05) is 20.8 Å². The number of amides is 1. The molecule has 0 saturated heterocycles. The highest BCUT2D eigenvalue weighted by Crippen LogP contribution is 2.44. The summed E-state index contributed by atoms with van der Waals surface area (Å²) < 4.78 is 51.8. The van der Waals surface area contributed by atoms with Gasteiger partial charge in [0.05, 0.1) is 31.4 Å². The maximum atomic E-state index is 13.7. The van der Waals surface area contributed by atoms with Gasteiger partial charge in [0, 0.05) is 11.6 Å². The van der Waals surface area contributed by atoms with E-state index in [1.54, 1.807) is 30.3 Å². The van der Waals surface area contributed by atoms with E-state index in [2.05, 4.69) is 0 Å². The molecular formula is C25H21ClF3NO3. The predicted molar refractivity (Wildman–Crippen MR) is 119 cm³/mol. The molecular weight excluding hydrogens is 455 g/mol. The monoisotopic (exact) mass is 475 g/mol. The maximum absolute atomic E-state index is 13.7. The summed E-state index contributed by atoms with van der Waals surface area (Å²) in [6.45, 7) is 0.212. The summed E-state index contributed by atoms with van der Waals surface area (Å²) in [6, 6.07) is 14.7. The fourth-order valence-corrected chi connectivity index (χ4v) is 4.51. The smallest absolute Gasteiger partial charge is 0.417 e. The molecule has 0 unspecified atom stereocenters. The topological polar surface area (TPSA) is 38.8 Å². The van der Waals surface area contributed by atoms with Crippen LogP contribution in [0.3, 0.4) is 0 Å². The molecule has 3 aromatic rings. The normalized spacial score (nSPS) is 15.7. The SMILES string of the molecule is COc1cc2c(cc1OC)[C@@H](c1ccccc1Cl)N(C(=O)c1ccccc1C(F)(F)F)CC2. The van der Waals surface area contributed by atoms with E-state index < -0.39 is 29.3 Å². The van der Waals surface area contributed by atoms with E-state index in [9.17, 15) is 18.0 Å². The molecule has 0 aliphatic carbocycles. The van der Waals surface area contributed by atoms with Crippen LogP contribution in [0.1, 0.15) is 38.7 Å². The molecule has 4 nitrogen and oxygen atoms in total. The summed E-state index contributed by atoms with van der Waals surface area (Å²) in [5, 5.41) is 0.409. The molecule has 0 fully saturated rings. The number of nitrogens with zero attached hydrogens (tertiary/aromatic N) is 1. The minimum atomic E-state index is -4.66. The first-order valence-electron chi connectivity index (χ1n) is 10.2. The Morgan fingerprint density at radius 2 is 1.61 bits per heavy atom. The fourth-order valence-electron chi connectivity index (χ4n) is 4.27. The van der Waals surface area contributed by atoms with Crippen LogP contribution in [0.4, 0.5) is 13.2 Å². The standard InChI is InChI=1S/C25H21ClF3NO3/c1-32-21-13-15-11-12-30(24(31)16-7-3-5-9-19(16)25(27,28)29)23(18(15)14-22(21)33-2)17-8-4-6-10-20(17)26/h3-10,13-14,23H,11-12H2,1-2H3/t23-/m1/s1. The van der Waals surface area contributed by atoms with Crippen LogP contribution >= 0.6 is 11.6 Å². The number of alkyl halides is 3. The molecule has 1 heterocycles. The Kier molecular flexibility index (Phi) is 6.26. The third-order valence-corrected chi connectivity index (χ3v) is 6.14. The molecule has 4 rings (SSSR count). The van der Waals surface area contributed by atoms with Crippen LogP contribution in [0.25, 0.3) is 0 Å². The van der Waals surface area contributed by atoms with Crippen molar-refractivity contribution in [1.29, 1.82) is 0 Å². The number of rotatable bonds is 4. The Balaban J connectivity index is 1.90. The number of hydrogen-bond donors (Lipinski definition) is 0. The van der Waals surface area contributed by atoms with E-state index in [-0.39, 0.29) is 6.54 Å². The van der Waals surface area contributed by atoms with Crippen molar-refractivity contribution in [3.05, 3.63) is 93.5 Å². The summed E-state index contributed by atoms with van der Waals surface area (Å²) in [7, 11) is 3.03. The Bertz CT molecular complexity index is 1200. The van der Waals surface area contributed by atoms with Crippen LogP contribution in [0, 0.1) is 0 Å². The number of halogens is 4. The molecule has 1 atom stereocenters. The van der Waals surface area contributed by atoms with Gasteiger partial charge in [0.1, 0.15) is 0 Å². The van der Waals surface area contributed by atoms with Crippen molar-refractivity contribution in [3.8, 4) is 11.5 Å². The van der Waals surface area contributed by atoms with E-state index in [0.717, 1.165) is 17.2 Å². The van der Waals surface area contributed by atoms with Gasteiger partial charge in [0.2, 0.25) is 0 Å². The maximum Gasteiger partial charge on any atom is 0.417 e. The first-order chi connectivity index (χ1) is 15.8. The van der Waals surface area contributed by atoms with Crippen LogP contribution in [0.15, 0.2) is 60.7 Å². The molecule has 0 N–H and O–H groups in total. The molecule has 0 saturated carbocycles. The average molecular weight is 476 g/mol. The van der Waals surface area contributed by atoms with E-state index >= 15 is 0 Å². The van der Waals surface area contributed by atoms with Gasteiger partial charge in [-0.25, -0.2) is 0 Å². The zero-order valence-corrected chi connectivity index (χ0v) is 18.7. The second-order valence-corrected chi connectivity index (χ2v) is 8.03. The molecule has 3 aromatic carbocycles. The van der Waals surface area contributed by atoms with Crippen molar-refractivity contribution in [1.82, 2.24) is 4.90 Å². The number of hydrogen-bond acceptors (Lipinski definition) is 3. The minimum absolute atomic E-state index is 0.212. The predicted octanol–water partition coefficient (Wildman–Crippen LogP) is 6.16. The zero-order chi connectivity index (χ0) is 23.8. The second kappa shape index (κ2) is 8.98. The van der Waals surface area contributed by atoms with E-state index in [1.807, 2.05) is 6.07 Å². The van der Waals surface area contributed by atoms with Gasteiger partial charge in [0.25, 0.3) is 5.91 Å². The lowest BCUT2D eigenvalue weighted by molar-refractivity contribution is -0.138. The van der Waals surface area contributed by atoms with Crippen LogP contribution in [0.2, 0.25) is 5.02 Å². The molecule has 0 radical (unpaired) electrons. The molecule has 1 aliphatic rings. The number of ether oxygens (including phenoxy) is 2. The number of benzene rings is 3. The molecule has 33 heavy (non-hydrogen) atoms. The van der Waals surface area contributed by atoms with Gasteiger partial charge in [-0.2, -0.15) is 13.2 Å². The lowest BCUT2D eigenvalue weighted by Crippen LogP contribution is -2.41. The summed E-state index contributed by atoms with van der Waals surface area (Å²) in [5.41, 5.74) is 0.887. The third-order valence-electron chi connectivity index (χ3n) is 5.80. The van der Waals surface area contributed by atoms with Crippen LogP contribution in [0.5, 0.6) is 11.5 Å². The highest BCUT2D eigenvalue weighted by Gasteiger charge is 2.39. The molecule has 0 bridgehead atoms. The van der Waals surface area contributed by atoms with Crippen molar-refractivity contribution in [3.63, 3.8) is 0 Å². The number of carbonyl (C=O) groups excluding carboxylic acids is 1. The lowest BCUT2D eigenvalue weighted by Gasteiger charge is -2.39. The zero-order valence-electron chi connectivity index (χ0n) is 17.9. The van der Waals surface area contributed by atoms with Crippen LogP contribution < -0.4 is 9.47 Å². The minimum Gasteiger partial charge on any atom is -0.493 e. The van der Waals surface area contributed by atoms with Crippen molar-refractivity contribution < 1.29 is 27.4 Å². The molecule has 0 aromatic heterocycles. The molecule has 1 aliphatic heterocycles. The summed E-state index contributed by atoms with van der Waals surface area (Å²) in [4.78, 5) is 15.0. The van der Waals surface area contributed by atoms with Gasteiger partial charge in [-0.15, -0.1) is 0 Å². The van der Waals surface area contributed by atoms with E-state index in [4.69, 9.17) is 21.1 Å². The van der Waals surface area contributed by atoms with Crippen molar-refractivity contribution in [2.45, 2.75) is 18.6 Å². The third kappa shape index (κ3) is 4.25. The lowest BCUT2D eigenvalue weighted by atomic mass is 9.87. The van der Waals surface area contributed by atoms with Gasteiger partial charge in [-0.05, 0) is 53.4 Å². The Morgan fingerprint density at radius 1 is 0.970 bits per heavy atom. The highest BCUT2D eigenvalue weighted by molar-refractivity contribution is 6.31. The molecule has 1 amide bonds. The van der Waals surface area contributed by atoms with Gasteiger partial charge in [-0.3, -0.25) is 4.79 Å². The average Bonchev–Trinajstić information content (AvgIpc) is 2.82. The first kappa shape index (κ1) is 23.0. The number of methoxy groups -OCH3 is 2. The number of fused-ring (bicyclic) bond motifs is 1. The van der Waals surface area contributed by atoms with E-state index in [0.29, 0.717) is 28.5 Å². The molecule has 0 spiro atoms. The molecule has 8 heteroatoms. The largest absolute Gasteiger partial charge is 0.493 e. The summed E-state index contributed by atoms with van der Waals surface area (Å²) in [5.74, 6) is 0.280. The Morgan fingerprint density at radius 3 is 2.27 bits per heavy atom. The van der Waals surface area contributed by atoms with Crippen molar-refractivity contribution in [2.24, 2.45) is 0 Å². The van der Waals surface area contributed by atoms with Gasteiger partial charge in [0.15, 0.2) is 11.5 Å². The second-order valence-electron chi connectivity index (χ2n) is 7.62. The first-order valence-corrected chi connectivity index (χ1v) is 10.6. The quantitative estimate of drug-likeness (QED) is 0.453. The van der Waals surface area contributed by atoms with Gasteiger partial charge in [-0.1, -0.05) is 41.9 Å². The Labute approximate surface area is 194 Å². The summed E-state index contributed by atoms with van der Waals surface area (Å²) in [6.07, 6.45) is -4.22. The van der Waals surface area contributed by atoms with E-state index in [1.165, 1.54) is 37.3 Å². The van der Waals surface area contributed by atoms with Gasteiger partial charge < -0.3 is 14.4 Å². The van der Waals surface area contributed by atoms with Gasteiger partial charge >= 0.3 is 6.18 Å². The van der Waals surface area contributed by atoms with Crippen LogP contribution in [-0.4, -0.2) is 31.6 Å². The number of carbonyl (C=O) groups is 1. The van der Waals surface area contributed by atoms with Crippen molar-refractivity contribution >= 4 is 17.5 Å². The van der Waals surface area contributed by atoms with Crippen LogP contribution in [-0.2, 0) is 12.6 Å². The highest BCUT2D eigenvalue weighted by atomic mass is 35.5. The fraction of sp³-hybridized carbons (Fsp3) is 0.240.